The lowest BCUT2D eigenvalue weighted by atomic mass is 10.2. The van der Waals surface area contributed by atoms with Crippen molar-refractivity contribution in [2.24, 2.45) is 0 Å². The minimum Gasteiger partial charge on any atom is -0.483 e. The first-order valence-corrected chi connectivity index (χ1v) is 5.98. The summed E-state index contributed by atoms with van der Waals surface area (Å²) < 4.78 is 32.7. The van der Waals surface area contributed by atoms with E-state index in [0.717, 1.165) is 24.3 Å². The van der Waals surface area contributed by atoms with Gasteiger partial charge in [0.2, 0.25) is 0 Å². The third-order valence-electron chi connectivity index (χ3n) is 2.54. The number of carboxylic acid groups (broad SMARTS) is 1. The largest absolute Gasteiger partial charge is 0.483 e. The van der Waals surface area contributed by atoms with Gasteiger partial charge >= 0.3 is 5.97 Å². The molecule has 0 aliphatic carbocycles. The number of aliphatic carboxylic acids is 1. The second kappa shape index (κ2) is 6.60. The minimum atomic E-state index is -1.20. The van der Waals surface area contributed by atoms with Gasteiger partial charge in [0.05, 0.1) is 0 Å². The molecule has 0 spiro atoms. The predicted molar refractivity (Wildman–Crippen MR) is 71.6 cm³/mol. The topological polar surface area (TPSA) is 59.4 Å². The zero-order valence-corrected chi connectivity index (χ0v) is 10.8. The zero-order valence-electron chi connectivity index (χ0n) is 10.8. The summed E-state index contributed by atoms with van der Waals surface area (Å²) in [7, 11) is 0. The molecule has 0 aliphatic heterocycles. The molecule has 0 aliphatic rings. The van der Waals surface area contributed by atoms with Crippen molar-refractivity contribution in [3.8, 4) is 5.75 Å². The average molecular weight is 291 g/mol. The highest BCUT2D eigenvalue weighted by atomic mass is 19.1. The summed E-state index contributed by atoms with van der Waals surface area (Å²) in [4.78, 5) is 14.2. The van der Waals surface area contributed by atoms with Crippen molar-refractivity contribution in [1.29, 1.82) is 0 Å². The van der Waals surface area contributed by atoms with Crippen LogP contribution >= 0.6 is 0 Å². The molecule has 1 N–H and O–H groups in total. The molecule has 4 nitrogen and oxygen atoms in total. The van der Waals surface area contributed by atoms with Gasteiger partial charge in [-0.1, -0.05) is 6.07 Å². The van der Waals surface area contributed by atoms with Crippen LogP contribution in [0.25, 0.3) is 6.08 Å². The van der Waals surface area contributed by atoms with Crippen LogP contribution in [-0.4, -0.2) is 16.1 Å². The fourth-order valence-electron chi connectivity index (χ4n) is 1.62. The van der Waals surface area contributed by atoms with Gasteiger partial charge in [0, 0.05) is 24.0 Å². The van der Waals surface area contributed by atoms with Crippen LogP contribution in [0.4, 0.5) is 8.78 Å². The van der Waals surface area contributed by atoms with Crippen molar-refractivity contribution < 1.29 is 23.4 Å². The molecule has 0 atom stereocenters. The fraction of sp³-hybridized carbons (Fsp3) is 0.0667. The number of aromatic nitrogens is 1. The normalized spacial score (nSPS) is 10.8. The predicted octanol–water partition coefficient (Wildman–Crippen LogP) is 3.04. The molecule has 1 aromatic carbocycles. The molecular weight excluding hydrogens is 280 g/mol. The molecule has 0 unspecified atom stereocenters. The van der Waals surface area contributed by atoms with E-state index in [0.29, 0.717) is 5.56 Å². The summed E-state index contributed by atoms with van der Waals surface area (Å²) in [5.74, 6) is -3.51. The standard InChI is InChI=1S/C15H11F2NO3/c16-12-6-10(3-4-14(19)20)7-13(17)15(12)21-9-11-2-1-5-18-8-11/h1-8H,9H2,(H,19,20). The molecule has 108 valence electrons. The number of benzene rings is 1. The lowest BCUT2D eigenvalue weighted by Crippen LogP contribution is -2.00. The van der Waals surface area contributed by atoms with E-state index < -0.39 is 23.4 Å². The van der Waals surface area contributed by atoms with Gasteiger partial charge in [0.1, 0.15) is 6.61 Å². The summed E-state index contributed by atoms with van der Waals surface area (Å²) in [5.41, 5.74) is 0.771. The molecule has 2 aromatic rings. The Balaban J connectivity index is 2.15. The maximum atomic E-state index is 13.8. The Morgan fingerprint density at radius 1 is 1.33 bits per heavy atom. The molecule has 6 heteroatoms. The van der Waals surface area contributed by atoms with Crippen molar-refractivity contribution in [3.05, 3.63) is 65.5 Å². The van der Waals surface area contributed by atoms with Crippen molar-refractivity contribution in [2.75, 3.05) is 0 Å². The van der Waals surface area contributed by atoms with Crippen LogP contribution in [0.2, 0.25) is 0 Å². The average Bonchev–Trinajstić information content (AvgIpc) is 2.45. The van der Waals surface area contributed by atoms with E-state index in [2.05, 4.69) is 4.98 Å². The second-order valence-corrected chi connectivity index (χ2v) is 4.14. The summed E-state index contributed by atoms with van der Waals surface area (Å²) in [5, 5.41) is 8.47. The van der Waals surface area contributed by atoms with E-state index >= 15 is 0 Å². The molecule has 0 saturated carbocycles. The van der Waals surface area contributed by atoms with Crippen LogP contribution < -0.4 is 4.74 Å². The van der Waals surface area contributed by atoms with E-state index in [1.54, 1.807) is 18.3 Å². The minimum absolute atomic E-state index is 0.0218. The summed E-state index contributed by atoms with van der Waals surface area (Å²) in [6.45, 7) is -0.0218. The van der Waals surface area contributed by atoms with E-state index in [1.165, 1.54) is 6.20 Å². The van der Waals surface area contributed by atoms with Gasteiger partial charge in [-0.3, -0.25) is 4.98 Å². The molecule has 2 rings (SSSR count). The first-order chi connectivity index (χ1) is 10.1. The highest BCUT2D eigenvalue weighted by Gasteiger charge is 2.12. The number of pyridine rings is 1. The van der Waals surface area contributed by atoms with E-state index in [9.17, 15) is 13.6 Å². The van der Waals surface area contributed by atoms with Crippen molar-refractivity contribution in [2.45, 2.75) is 6.61 Å². The number of hydrogen-bond donors (Lipinski definition) is 1. The third-order valence-corrected chi connectivity index (χ3v) is 2.54. The Morgan fingerprint density at radius 2 is 2.05 bits per heavy atom. The van der Waals surface area contributed by atoms with Crippen LogP contribution in [0.3, 0.4) is 0 Å². The van der Waals surface area contributed by atoms with Gasteiger partial charge in [-0.15, -0.1) is 0 Å². The number of carboxylic acids is 1. The Kier molecular flexibility index (Phi) is 4.61. The Morgan fingerprint density at radius 3 is 2.62 bits per heavy atom. The Hall–Kier alpha value is -2.76. The van der Waals surface area contributed by atoms with Gasteiger partial charge in [-0.2, -0.15) is 0 Å². The summed E-state index contributed by atoms with van der Waals surface area (Å²) in [6.07, 6.45) is 5.00. The second-order valence-electron chi connectivity index (χ2n) is 4.14. The molecule has 1 heterocycles. The Labute approximate surface area is 119 Å². The summed E-state index contributed by atoms with van der Waals surface area (Å²) >= 11 is 0. The van der Waals surface area contributed by atoms with Crippen LogP contribution in [-0.2, 0) is 11.4 Å². The highest BCUT2D eigenvalue weighted by Crippen LogP contribution is 2.24. The number of rotatable bonds is 5. The van der Waals surface area contributed by atoms with Gasteiger partial charge in [0.15, 0.2) is 17.4 Å². The van der Waals surface area contributed by atoms with Crippen LogP contribution in [0.1, 0.15) is 11.1 Å². The maximum Gasteiger partial charge on any atom is 0.328 e. The number of halogens is 2. The van der Waals surface area contributed by atoms with E-state index in [1.807, 2.05) is 0 Å². The molecule has 0 amide bonds. The maximum absolute atomic E-state index is 13.8. The number of ether oxygens (including phenoxy) is 1. The van der Waals surface area contributed by atoms with Crippen LogP contribution in [0.5, 0.6) is 5.75 Å². The molecular formula is C15H11F2NO3. The SMILES string of the molecule is O=C(O)C=Cc1cc(F)c(OCc2cccnc2)c(F)c1. The number of nitrogens with zero attached hydrogens (tertiary/aromatic N) is 1. The molecule has 0 saturated heterocycles. The number of hydrogen-bond acceptors (Lipinski definition) is 3. The molecule has 0 fully saturated rings. The smallest absolute Gasteiger partial charge is 0.328 e. The third kappa shape index (κ3) is 4.10. The molecule has 21 heavy (non-hydrogen) atoms. The van der Waals surface area contributed by atoms with Gasteiger partial charge in [-0.05, 0) is 29.8 Å². The van der Waals surface area contributed by atoms with Crippen molar-refractivity contribution >= 4 is 12.0 Å². The molecule has 0 bridgehead atoms. The van der Waals surface area contributed by atoms with E-state index in [4.69, 9.17) is 9.84 Å². The first-order valence-electron chi connectivity index (χ1n) is 5.98. The van der Waals surface area contributed by atoms with Gasteiger partial charge in [-0.25, -0.2) is 13.6 Å². The van der Waals surface area contributed by atoms with Crippen molar-refractivity contribution in [3.63, 3.8) is 0 Å². The zero-order chi connectivity index (χ0) is 15.2. The number of carbonyl (C=O) groups is 1. The van der Waals surface area contributed by atoms with E-state index in [-0.39, 0.29) is 12.2 Å². The van der Waals surface area contributed by atoms with Gasteiger partial charge in [0.25, 0.3) is 0 Å². The quantitative estimate of drug-likeness (QED) is 0.860. The van der Waals surface area contributed by atoms with Crippen molar-refractivity contribution in [1.82, 2.24) is 4.98 Å². The van der Waals surface area contributed by atoms with Crippen LogP contribution in [0.15, 0.2) is 42.7 Å². The lowest BCUT2D eigenvalue weighted by Gasteiger charge is -2.09. The first kappa shape index (κ1) is 14.6. The van der Waals surface area contributed by atoms with Gasteiger partial charge < -0.3 is 9.84 Å². The van der Waals surface area contributed by atoms with Crippen LogP contribution in [0, 0.1) is 11.6 Å². The fourth-order valence-corrected chi connectivity index (χ4v) is 1.62. The lowest BCUT2D eigenvalue weighted by molar-refractivity contribution is -0.131. The summed E-state index contributed by atoms with van der Waals surface area (Å²) in [6, 6.07) is 5.40. The highest BCUT2D eigenvalue weighted by molar-refractivity contribution is 5.85. The monoisotopic (exact) mass is 291 g/mol. The molecule has 0 radical (unpaired) electrons. The molecule has 1 aromatic heterocycles. The Bertz CT molecular complexity index is 649.